The molecule has 0 amide bonds. The number of hydrogen-bond acceptors (Lipinski definition) is 3. The smallest absolute Gasteiger partial charge is 0.333 e. The molecule has 3 rings (SSSR count). The summed E-state index contributed by atoms with van der Waals surface area (Å²) in [5.41, 5.74) is 0.432. The Balaban J connectivity index is 1.97. The minimum atomic E-state index is -2.72. The van der Waals surface area contributed by atoms with Crippen LogP contribution in [0.3, 0.4) is 0 Å². The van der Waals surface area contributed by atoms with E-state index < -0.39 is 16.6 Å². The molecule has 166 valence electrons. The van der Waals surface area contributed by atoms with E-state index in [1.165, 1.54) is 15.6 Å². The Kier molecular flexibility index (Phi) is 8.01. The monoisotopic (exact) mass is 460 g/mol. The molecule has 3 aromatic carbocycles. The molecule has 0 aliphatic rings. The molecule has 0 atom stereocenters. The maximum absolute atomic E-state index is 11.7. The molecule has 0 aliphatic carbocycles. The zero-order valence-electron chi connectivity index (χ0n) is 19.2. The van der Waals surface area contributed by atoms with Crippen molar-refractivity contribution < 1.29 is 13.6 Å². The molecular formula is C27H32O3Si2. The first-order chi connectivity index (χ1) is 15.3. The van der Waals surface area contributed by atoms with Gasteiger partial charge in [-0.05, 0) is 48.0 Å². The molecule has 3 aromatic rings. The van der Waals surface area contributed by atoms with Crippen molar-refractivity contribution in [2.45, 2.75) is 32.5 Å². The highest BCUT2D eigenvalue weighted by molar-refractivity contribution is 7.10. The molecule has 32 heavy (non-hydrogen) atoms. The van der Waals surface area contributed by atoms with Gasteiger partial charge in [0.05, 0.1) is 6.61 Å². The van der Waals surface area contributed by atoms with Crippen molar-refractivity contribution in [3.05, 3.63) is 103 Å². The number of esters is 1. The van der Waals surface area contributed by atoms with Gasteiger partial charge in [0.2, 0.25) is 0 Å². The summed E-state index contributed by atoms with van der Waals surface area (Å²) < 4.78 is 12.7. The molecule has 0 spiro atoms. The molecule has 0 saturated carbocycles. The number of rotatable bonds is 10. The van der Waals surface area contributed by atoms with Gasteiger partial charge in [0.25, 0.3) is 8.32 Å². The quantitative estimate of drug-likeness (QED) is 0.148. The Morgan fingerprint density at radius 2 is 1.19 bits per heavy atom. The molecule has 0 unspecified atom stereocenters. The van der Waals surface area contributed by atoms with Crippen LogP contribution in [0.5, 0.6) is 0 Å². The van der Waals surface area contributed by atoms with E-state index in [0.717, 1.165) is 12.5 Å². The Morgan fingerprint density at radius 1 is 0.781 bits per heavy atom. The van der Waals surface area contributed by atoms with Crippen LogP contribution in [0.25, 0.3) is 0 Å². The van der Waals surface area contributed by atoms with Crippen LogP contribution in [-0.2, 0) is 13.6 Å². The van der Waals surface area contributed by atoms with Crippen molar-refractivity contribution in [1.82, 2.24) is 0 Å². The average molecular weight is 461 g/mol. The summed E-state index contributed by atoms with van der Waals surface area (Å²) in [7, 11) is -4.86. The Hall–Kier alpha value is -2.74. The van der Waals surface area contributed by atoms with Crippen LogP contribution in [0.4, 0.5) is 0 Å². The van der Waals surface area contributed by atoms with E-state index in [1.54, 1.807) is 6.92 Å². The zero-order valence-corrected chi connectivity index (χ0v) is 21.2. The molecule has 0 aliphatic heterocycles. The molecule has 5 heteroatoms. The summed E-state index contributed by atoms with van der Waals surface area (Å²) in [6.45, 7) is 10.2. The van der Waals surface area contributed by atoms with E-state index >= 15 is 0 Å². The largest absolute Gasteiger partial charge is 0.462 e. The van der Waals surface area contributed by atoms with Crippen molar-refractivity contribution in [2.24, 2.45) is 0 Å². The van der Waals surface area contributed by atoms with Crippen molar-refractivity contribution in [2.75, 3.05) is 6.61 Å². The van der Waals surface area contributed by atoms with Crippen LogP contribution < -0.4 is 15.6 Å². The molecule has 0 bridgehead atoms. The van der Waals surface area contributed by atoms with E-state index in [9.17, 15) is 4.79 Å². The molecule has 0 N–H and O–H groups in total. The van der Waals surface area contributed by atoms with Crippen LogP contribution in [0.1, 0.15) is 13.3 Å². The van der Waals surface area contributed by atoms with E-state index in [4.69, 9.17) is 8.85 Å². The minimum Gasteiger partial charge on any atom is -0.462 e. The summed E-state index contributed by atoms with van der Waals surface area (Å²) in [5.74, 6) is -0.327. The lowest BCUT2D eigenvalue weighted by atomic mass is 10.3. The maximum Gasteiger partial charge on any atom is 0.333 e. The topological polar surface area (TPSA) is 35.5 Å². The second-order valence-corrected chi connectivity index (χ2v) is 16.6. The third-order valence-corrected chi connectivity index (χ3v) is 13.9. The van der Waals surface area contributed by atoms with Crippen LogP contribution in [0, 0.1) is 0 Å². The first-order valence-corrected chi connectivity index (χ1v) is 16.1. The van der Waals surface area contributed by atoms with Gasteiger partial charge in [0, 0.05) is 5.57 Å². The average Bonchev–Trinajstić information content (AvgIpc) is 2.82. The fourth-order valence-corrected chi connectivity index (χ4v) is 13.1. The lowest BCUT2D eigenvalue weighted by Gasteiger charge is -2.40. The first-order valence-electron chi connectivity index (χ1n) is 11.0. The third-order valence-electron chi connectivity index (χ3n) is 5.48. The number of carbonyl (C=O) groups excluding carboxylic acids is 1. The Labute approximate surface area is 194 Å². The lowest BCUT2D eigenvalue weighted by Crippen LogP contribution is -2.72. The van der Waals surface area contributed by atoms with Gasteiger partial charge in [0.1, 0.15) is 0 Å². The third kappa shape index (κ3) is 5.74. The van der Waals surface area contributed by atoms with E-state index in [2.05, 4.69) is 111 Å². The fourth-order valence-electron chi connectivity index (χ4n) is 3.95. The highest BCUT2D eigenvalue weighted by Gasteiger charge is 2.45. The van der Waals surface area contributed by atoms with Crippen molar-refractivity contribution >= 4 is 38.2 Å². The first kappa shape index (κ1) is 23.9. The highest BCUT2D eigenvalue weighted by atomic mass is 28.4. The molecule has 0 fully saturated rings. The molecule has 0 aromatic heterocycles. The second-order valence-electron chi connectivity index (χ2n) is 8.66. The van der Waals surface area contributed by atoms with E-state index in [-0.39, 0.29) is 5.97 Å². The minimum absolute atomic E-state index is 0.327. The molecule has 0 heterocycles. The standard InChI is InChI=1S/C27H32O3Si2/c1-23(2)27(28)29-21-14-22-31(3,4)30-32(24-15-8-5-9-16-24,25-17-10-6-11-18-25)26-19-12-7-13-20-26/h5-13,15-20H,1,14,21-22H2,2-4H3. The fraction of sp³-hybridized carbons (Fsp3) is 0.222. The number of hydrogen-bond donors (Lipinski definition) is 0. The summed E-state index contributed by atoms with van der Waals surface area (Å²) in [6, 6.07) is 32.8. The van der Waals surface area contributed by atoms with Gasteiger partial charge in [-0.15, -0.1) is 0 Å². The SMILES string of the molecule is C=C(C)C(=O)OCCC[Si](C)(C)O[Si](c1ccccc1)(c1ccccc1)c1ccccc1. The number of ether oxygens (including phenoxy) is 1. The Morgan fingerprint density at radius 3 is 1.56 bits per heavy atom. The molecule has 0 radical (unpaired) electrons. The van der Waals surface area contributed by atoms with Crippen LogP contribution >= 0.6 is 0 Å². The van der Waals surface area contributed by atoms with Gasteiger partial charge >= 0.3 is 5.97 Å². The van der Waals surface area contributed by atoms with Crippen molar-refractivity contribution in [3.63, 3.8) is 0 Å². The Bertz CT molecular complexity index is 922. The summed E-state index contributed by atoms with van der Waals surface area (Å²) in [5, 5.41) is 3.73. The summed E-state index contributed by atoms with van der Waals surface area (Å²) in [4.78, 5) is 11.7. The van der Waals surface area contributed by atoms with Crippen LogP contribution in [0.15, 0.2) is 103 Å². The van der Waals surface area contributed by atoms with Gasteiger partial charge in [-0.25, -0.2) is 4.79 Å². The van der Waals surface area contributed by atoms with E-state index in [1.807, 2.05) is 0 Å². The van der Waals surface area contributed by atoms with Gasteiger partial charge < -0.3 is 8.85 Å². The van der Waals surface area contributed by atoms with Gasteiger partial charge in [-0.2, -0.15) is 0 Å². The maximum atomic E-state index is 11.7. The zero-order chi connectivity index (χ0) is 23.0. The lowest BCUT2D eigenvalue weighted by molar-refractivity contribution is -0.138. The summed E-state index contributed by atoms with van der Waals surface area (Å²) >= 11 is 0. The highest BCUT2D eigenvalue weighted by Crippen LogP contribution is 2.21. The number of carbonyl (C=O) groups is 1. The van der Waals surface area contributed by atoms with Crippen molar-refractivity contribution in [3.8, 4) is 0 Å². The number of benzene rings is 3. The predicted octanol–water partition coefficient (Wildman–Crippen LogP) is 4.38. The summed E-state index contributed by atoms with van der Waals surface area (Å²) in [6.07, 6.45) is 0.779. The van der Waals surface area contributed by atoms with Crippen molar-refractivity contribution in [1.29, 1.82) is 0 Å². The predicted molar refractivity (Wildman–Crippen MR) is 138 cm³/mol. The molecular weight excluding hydrogens is 428 g/mol. The second kappa shape index (κ2) is 10.7. The normalized spacial score (nSPS) is 11.7. The van der Waals surface area contributed by atoms with Gasteiger partial charge in [0.15, 0.2) is 8.32 Å². The van der Waals surface area contributed by atoms with Crippen LogP contribution in [0.2, 0.25) is 19.1 Å². The van der Waals surface area contributed by atoms with Crippen LogP contribution in [-0.4, -0.2) is 29.2 Å². The van der Waals surface area contributed by atoms with Gasteiger partial charge in [-0.1, -0.05) is 97.6 Å². The molecule has 0 saturated heterocycles. The van der Waals surface area contributed by atoms with E-state index in [0.29, 0.717) is 12.2 Å². The van der Waals surface area contributed by atoms with Gasteiger partial charge in [-0.3, -0.25) is 0 Å². The molecule has 3 nitrogen and oxygen atoms in total.